The second-order valence-electron chi connectivity index (χ2n) is 3.44. The van der Waals surface area contributed by atoms with Gasteiger partial charge in [0.05, 0.1) is 7.11 Å². The standard InChI is InChI=1S/C11H14BrNO2/c1-13(2)10(11(14)15-3)8-4-6-9(12)7-5-8/h4-7,10H,1-3H3. The molecule has 0 radical (unpaired) electrons. The summed E-state index contributed by atoms with van der Waals surface area (Å²) in [7, 11) is 5.10. The zero-order valence-electron chi connectivity index (χ0n) is 9.03. The predicted octanol–water partition coefficient (Wildman–Crippen LogP) is 2.22. The molecular weight excluding hydrogens is 258 g/mol. The number of nitrogens with zero attached hydrogens (tertiary/aromatic N) is 1. The number of hydrogen-bond donors (Lipinski definition) is 0. The first-order valence-electron chi connectivity index (χ1n) is 4.56. The zero-order valence-corrected chi connectivity index (χ0v) is 10.6. The molecule has 0 saturated heterocycles. The molecule has 0 aromatic heterocycles. The number of methoxy groups -OCH3 is 1. The van der Waals surface area contributed by atoms with Crippen molar-refractivity contribution in [3.05, 3.63) is 34.3 Å². The fraction of sp³-hybridized carbons (Fsp3) is 0.364. The summed E-state index contributed by atoms with van der Waals surface area (Å²) in [5, 5.41) is 0. The Balaban J connectivity index is 2.99. The van der Waals surface area contributed by atoms with Crippen molar-refractivity contribution in [3.63, 3.8) is 0 Å². The average Bonchev–Trinajstić information content (AvgIpc) is 2.20. The minimum atomic E-state index is -0.344. The van der Waals surface area contributed by atoms with E-state index in [0.717, 1.165) is 10.0 Å². The SMILES string of the molecule is COC(=O)C(c1ccc(Br)cc1)N(C)C. The highest BCUT2D eigenvalue weighted by Crippen LogP contribution is 2.21. The molecule has 4 heteroatoms. The van der Waals surface area contributed by atoms with Crippen molar-refractivity contribution in [1.29, 1.82) is 0 Å². The first-order chi connectivity index (χ1) is 7.06. The number of rotatable bonds is 3. The molecule has 0 amide bonds. The maximum absolute atomic E-state index is 11.6. The quantitative estimate of drug-likeness (QED) is 0.790. The van der Waals surface area contributed by atoms with Gasteiger partial charge in [-0.15, -0.1) is 0 Å². The van der Waals surface area contributed by atoms with Crippen LogP contribution in [0.4, 0.5) is 0 Å². The zero-order chi connectivity index (χ0) is 11.4. The van der Waals surface area contributed by atoms with Gasteiger partial charge < -0.3 is 4.74 Å². The van der Waals surface area contributed by atoms with Crippen LogP contribution in [0.2, 0.25) is 0 Å². The minimum Gasteiger partial charge on any atom is -0.468 e. The smallest absolute Gasteiger partial charge is 0.327 e. The Morgan fingerprint density at radius 2 is 1.87 bits per heavy atom. The molecule has 1 rings (SSSR count). The summed E-state index contributed by atoms with van der Waals surface area (Å²) in [6.07, 6.45) is 0. The third kappa shape index (κ3) is 3.04. The molecule has 15 heavy (non-hydrogen) atoms. The molecule has 0 spiro atoms. The average molecular weight is 272 g/mol. The summed E-state index contributed by atoms with van der Waals surface area (Å²) in [5.41, 5.74) is 0.926. The van der Waals surface area contributed by atoms with Crippen molar-refractivity contribution in [2.45, 2.75) is 6.04 Å². The highest BCUT2D eigenvalue weighted by molar-refractivity contribution is 9.10. The Kier molecular flexibility index (Phi) is 4.29. The molecule has 0 heterocycles. The van der Waals surface area contributed by atoms with E-state index in [1.54, 1.807) is 0 Å². The number of carbonyl (C=O) groups is 1. The van der Waals surface area contributed by atoms with Gasteiger partial charge in [0, 0.05) is 4.47 Å². The number of likely N-dealkylation sites (N-methyl/N-ethyl adjacent to an activating group) is 1. The summed E-state index contributed by atoms with van der Waals surface area (Å²) < 4.78 is 5.76. The van der Waals surface area contributed by atoms with E-state index in [4.69, 9.17) is 4.74 Å². The maximum atomic E-state index is 11.6. The Morgan fingerprint density at radius 1 is 1.33 bits per heavy atom. The van der Waals surface area contributed by atoms with Crippen LogP contribution in [0.15, 0.2) is 28.7 Å². The van der Waals surface area contributed by atoms with E-state index in [0.29, 0.717) is 0 Å². The monoisotopic (exact) mass is 271 g/mol. The van der Waals surface area contributed by atoms with E-state index in [2.05, 4.69) is 15.9 Å². The molecule has 1 atom stereocenters. The number of ether oxygens (including phenoxy) is 1. The van der Waals surface area contributed by atoms with Crippen molar-refractivity contribution in [2.24, 2.45) is 0 Å². The van der Waals surface area contributed by atoms with Crippen molar-refractivity contribution < 1.29 is 9.53 Å². The summed E-state index contributed by atoms with van der Waals surface area (Å²) in [4.78, 5) is 13.4. The molecule has 1 unspecified atom stereocenters. The highest BCUT2D eigenvalue weighted by Gasteiger charge is 2.23. The molecule has 3 nitrogen and oxygen atoms in total. The van der Waals surface area contributed by atoms with Crippen molar-refractivity contribution in [2.75, 3.05) is 21.2 Å². The molecule has 0 aliphatic heterocycles. The first-order valence-corrected chi connectivity index (χ1v) is 5.35. The highest BCUT2D eigenvalue weighted by atomic mass is 79.9. The van der Waals surface area contributed by atoms with Crippen molar-refractivity contribution >= 4 is 21.9 Å². The molecular formula is C11H14BrNO2. The number of esters is 1. The summed E-state index contributed by atoms with van der Waals surface area (Å²) >= 11 is 3.36. The fourth-order valence-corrected chi connectivity index (χ4v) is 1.67. The van der Waals surface area contributed by atoms with Crippen LogP contribution in [0.5, 0.6) is 0 Å². The molecule has 0 aliphatic carbocycles. The van der Waals surface area contributed by atoms with Gasteiger partial charge in [-0.1, -0.05) is 28.1 Å². The van der Waals surface area contributed by atoms with E-state index in [1.807, 2.05) is 43.3 Å². The molecule has 0 saturated carbocycles. The van der Waals surface area contributed by atoms with E-state index in [9.17, 15) is 4.79 Å². The van der Waals surface area contributed by atoms with Crippen LogP contribution in [0.3, 0.4) is 0 Å². The van der Waals surface area contributed by atoms with Gasteiger partial charge in [-0.3, -0.25) is 4.90 Å². The first kappa shape index (κ1) is 12.2. The topological polar surface area (TPSA) is 29.5 Å². The number of hydrogen-bond acceptors (Lipinski definition) is 3. The van der Waals surface area contributed by atoms with Crippen molar-refractivity contribution in [3.8, 4) is 0 Å². The van der Waals surface area contributed by atoms with E-state index < -0.39 is 0 Å². The van der Waals surface area contributed by atoms with Crippen LogP contribution in [-0.4, -0.2) is 32.1 Å². The third-order valence-electron chi connectivity index (χ3n) is 2.13. The fourth-order valence-electron chi connectivity index (χ4n) is 1.40. The van der Waals surface area contributed by atoms with E-state index >= 15 is 0 Å². The Labute approximate surface area is 98.2 Å². The normalized spacial score (nSPS) is 12.6. The van der Waals surface area contributed by atoms with Gasteiger partial charge in [-0.25, -0.2) is 4.79 Å². The van der Waals surface area contributed by atoms with E-state index in [1.165, 1.54) is 7.11 Å². The second kappa shape index (κ2) is 5.28. The van der Waals surface area contributed by atoms with E-state index in [-0.39, 0.29) is 12.0 Å². The number of carbonyl (C=O) groups excluding carboxylic acids is 1. The summed E-state index contributed by atoms with van der Waals surface area (Å²) in [5.74, 6) is -0.248. The molecule has 0 bridgehead atoms. The van der Waals surface area contributed by atoms with Crippen molar-refractivity contribution in [1.82, 2.24) is 4.90 Å². The van der Waals surface area contributed by atoms with Crippen LogP contribution in [0.25, 0.3) is 0 Å². The number of halogens is 1. The predicted molar refractivity (Wildman–Crippen MR) is 62.6 cm³/mol. The van der Waals surface area contributed by atoms with Crippen LogP contribution in [0.1, 0.15) is 11.6 Å². The van der Waals surface area contributed by atoms with Gasteiger partial charge in [-0.2, -0.15) is 0 Å². The largest absolute Gasteiger partial charge is 0.468 e. The second-order valence-corrected chi connectivity index (χ2v) is 4.36. The molecule has 82 valence electrons. The molecule has 0 aliphatic rings. The third-order valence-corrected chi connectivity index (χ3v) is 2.66. The molecule has 0 fully saturated rings. The van der Waals surface area contributed by atoms with Crippen LogP contribution in [-0.2, 0) is 9.53 Å². The Hall–Kier alpha value is -0.870. The summed E-state index contributed by atoms with van der Waals surface area (Å²) in [6.45, 7) is 0. The lowest BCUT2D eigenvalue weighted by Crippen LogP contribution is -2.28. The number of benzene rings is 1. The Morgan fingerprint density at radius 3 is 2.27 bits per heavy atom. The van der Waals surface area contributed by atoms with Gasteiger partial charge in [0.15, 0.2) is 0 Å². The van der Waals surface area contributed by atoms with Gasteiger partial charge in [0.1, 0.15) is 6.04 Å². The minimum absolute atomic E-state index is 0.248. The lowest BCUT2D eigenvalue weighted by Gasteiger charge is -2.21. The van der Waals surface area contributed by atoms with Gasteiger partial charge in [0.25, 0.3) is 0 Å². The van der Waals surface area contributed by atoms with Crippen LogP contribution in [0, 0.1) is 0 Å². The lowest BCUT2D eigenvalue weighted by molar-refractivity contribution is -0.146. The van der Waals surface area contributed by atoms with Gasteiger partial charge in [0.2, 0.25) is 0 Å². The Bertz CT molecular complexity index is 335. The van der Waals surface area contributed by atoms with Gasteiger partial charge >= 0.3 is 5.97 Å². The molecule has 1 aromatic rings. The maximum Gasteiger partial charge on any atom is 0.327 e. The van der Waals surface area contributed by atoms with Crippen LogP contribution >= 0.6 is 15.9 Å². The molecule has 1 aromatic carbocycles. The lowest BCUT2D eigenvalue weighted by atomic mass is 10.1. The van der Waals surface area contributed by atoms with Gasteiger partial charge in [-0.05, 0) is 31.8 Å². The van der Waals surface area contributed by atoms with Crippen LogP contribution < -0.4 is 0 Å². The summed E-state index contributed by atoms with van der Waals surface area (Å²) in [6, 6.07) is 7.30. The molecule has 0 N–H and O–H groups in total.